The number of imide groups is 1. The van der Waals surface area contributed by atoms with Crippen LogP contribution in [0, 0.1) is 0 Å². The number of carbonyl (C=O) groups excluding carboxylic acids is 2. The van der Waals surface area contributed by atoms with Crippen LogP contribution in [0.3, 0.4) is 0 Å². The first-order valence-corrected chi connectivity index (χ1v) is 8.36. The third-order valence-electron chi connectivity index (χ3n) is 3.49. The fourth-order valence-electron chi connectivity index (χ4n) is 2.32. The molecule has 1 aromatic carbocycles. The molecular formula is C15H18BrClN2O3. The van der Waals surface area contributed by atoms with E-state index in [4.69, 9.17) is 16.3 Å². The zero-order valence-corrected chi connectivity index (χ0v) is 14.5. The third kappa shape index (κ3) is 4.88. The summed E-state index contributed by atoms with van der Waals surface area (Å²) in [7, 11) is 0. The monoisotopic (exact) mass is 388 g/mol. The van der Waals surface area contributed by atoms with E-state index >= 15 is 0 Å². The lowest BCUT2D eigenvalue weighted by atomic mass is 10.2. The summed E-state index contributed by atoms with van der Waals surface area (Å²) in [5.41, 5.74) is 0. The molecule has 0 spiro atoms. The van der Waals surface area contributed by atoms with E-state index in [0.29, 0.717) is 15.2 Å². The van der Waals surface area contributed by atoms with Gasteiger partial charge in [0.1, 0.15) is 5.75 Å². The summed E-state index contributed by atoms with van der Waals surface area (Å²) in [6.07, 6.45) is 3.36. The summed E-state index contributed by atoms with van der Waals surface area (Å²) in [6, 6.07) is 4.69. The van der Waals surface area contributed by atoms with Crippen molar-refractivity contribution in [3.05, 3.63) is 27.7 Å². The van der Waals surface area contributed by atoms with Crippen molar-refractivity contribution in [3.8, 4) is 5.75 Å². The Morgan fingerprint density at radius 2 is 2.05 bits per heavy atom. The fourth-order valence-corrected chi connectivity index (χ4v) is 3.10. The van der Waals surface area contributed by atoms with Crippen LogP contribution < -0.4 is 15.4 Å². The molecule has 1 fully saturated rings. The second-order valence-corrected chi connectivity index (χ2v) is 6.57. The van der Waals surface area contributed by atoms with Crippen LogP contribution in [0.1, 0.15) is 32.6 Å². The molecule has 0 aliphatic heterocycles. The molecule has 1 aliphatic rings. The maximum absolute atomic E-state index is 12.0. The number of nitrogens with one attached hydrogen (secondary N) is 2. The van der Waals surface area contributed by atoms with Crippen molar-refractivity contribution >= 4 is 39.5 Å². The average Bonchev–Trinajstić information content (AvgIpc) is 2.94. The topological polar surface area (TPSA) is 67.4 Å². The maximum Gasteiger partial charge on any atom is 0.321 e. The van der Waals surface area contributed by atoms with E-state index in [1.165, 1.54) is 0 Å². The van der Waals surface area contributed by atoms with Crippen molar-refractivity contribution in [2.75, 3.05) is 0 Å². The molecule has 0 heterocycles. The van der Waals surface area contributed by atoms with Crippen LogP contribution in [-0.2, 0) is 4.79 Å². The van der Waals surface area contributed by atoms with Gasteiger partial charge in [0.25, 0.3) is 5.91 Å². The third-order valence-corrected chi connectivity index (χ3v) is 4.35. The van der Waals surface area contributed by atoms with Crippen molar-refractivity contribution in [3.63, 3.8) is 0 Å². The Bertz CT molecular complexity index is 562. The van der Waals surface area contributed by atoms with Gasteiger partial charge in [0.15, 0.2) is 6.10 Å². The highest BCUT2D eigenvalue weighted by Gasteiger charge is 2.21. The molecule has 0 bridgehead atoms. The van der Waals surface area contributed by atoms with Gasteiger partial charge >= 0.3 is 6.03 Å². The molecular weight excluding hydrogens is 372 g/mol. The van der Waals surface area contributed by atoms with Gasteiger partial charge in [0.2, 0.25) is 0 Å². The number of halogens is 2. The number of urea groups is 1. The van der Waals surface area contributed by atoms with E-state index in [-0.39, 0.29) is 6.04 Å². The van der Waals surface area contributed by atoms with Crippen molar-refractivity contribution in [1.82, 2.24) is 10.6 Å². The minimum absolute atomic E-state index is 0.162. The van der Waals surface area contributed by atoms with Crippen LogP contribution in [0.25, 0.3) is 0 Å². The molecule has 0 radical (unpaired) electrons. The Morgan fingerprint density at radius 1 is 1.36 bits per heavy atom. The van der Waals surface area contributed by atoms with Crippen LogP contribution >= 0.6 is 27.5 Å². The molecule has 0 aromatic heterocycles. The number of benzene rings is 1. The van der Waals surface area contributed by atoms with Crippen molar-refractivity contribution < 1.29 is 14.3 Å². The normalized spacial score (nSPS) is 16.1. The number of rotatable bonds is 4. The van der Waals surface area contributed by atoms with E-state index in [0.717, 1.165) is 25.7 Å². The van der Waals surface area contributed by atoms with Crippen molar-refractivity contribution in [1.29, 1.82) is 0 Å². The molecule has 1 atom stereocenters. The van der Waals surface area contributed by atoms with Crippen molar-refractivity contribution in [2.45, 2.75) is 44.8 Å². The summed E-state index contributed by atoms with van der Waals surface area (Å²) in [5.74, 6) is 0.000554. The summed E-state index contributed by atoms with van der Waals surface area (Å²) in [6.45, 7) is 1.58. The molecule has 7 heteroatoms. The molecule has 3 amide bonds. The quantitative estimate of drug-likeness (QED) is 0.826. The number of hydrogen-bond acceptors (Lipinski definition) is 3. The molecule has 1 saturated carbocycles. The molecule has 5 nitrogen and oxygen atoms in total. The van der Waals surface area contributed by atoms with Gasteiger partial charge in [-0.05, 0) is 53.9 Å². The summed E-state index contributed by atoms with van der Waals surface area (Å²) >= 11 is 9.16. The van der Waals surface area contributed by atoms with Crippen molar-refractivity contribution in [2.24, 2.45) is 0 Å². The van der Waals surface area contributed by atoms with E-state index in [1.807, 2.05) is 0 Å². The smallest absolute Gasteiger partial charge is 0.321 e. The molecule has 120 valence electrons. The molecule has 22 heavy (non-hydrogen) atoms. The predicted molar refractivity (Wildman–Crippen MR) is 88.2 cm³/mol. The van der Waals surface area contributed by atoms with Gasteiger partial charge in [-0.15, -0.1) is 0 Å². The van der Waals surface area contributed by atoms with Crippen LogP contribution in [0.15, 0.2) is 22.7 Å². The first-order chi connectivity index (χ1) is 10.5. The lowest BCUT2D eigenvalue weighted by Crippen LogP contribution is -2.47. The zero-order chi connectivity index (χ0) is 16.1. The van der Waals surface area contributed by atoms with Crippen LogP contribution in [0.2, 0.25) is 5.02 Å². The Balaban J connectivity index is 1.84. The van der Waals surface area contributed by atoms with E-state index in [2.05, 4.69) is 26.6 Å². The van der Waals surface area contributed by atoms with E-state index in [9.17, 15) is 9.59 Å². The first-order valence-electron chi connectivity index (χ1n) is 7.19. The van der Waals surface area contributed by atoms with Gasteiger partial charge in [0, 0.05) is 11.1 Å². The first kappa shape index (κ1) is 17.1. The number of ether oxygens (including phenoxy) is 1. The molecule has 1 aromatic rings. The number of hydrogen-bond donors (Lipinski definition) is 2. The lowest BCUT2D eigenvalue weighted by Gasteiger charge is -2.17. The molecule has 2 rings (SSSR count). The maximum atomic E-state index is 12.0. The van der Waals surface area contributed by atoms with Gasteiger partial charge in [0.05, 0.1) is 4.47 Å². The SMILES string of the molecule is C[C@@H](Oc1ccc(Cl)cc1Br)C(=O)NC(=O)NC1CCCC1. The zero-order valence-electron chi connectivity index (χ0n) is 12.2. The van der Waals surface area contributed by atoms with Crippen LogP contribution in [-0.4, -0.2) is 24.1 Å². The second kappa shape index (κ2) is 7.83. The van der Waals surface area contributed by atoms with Gasteiger partial charge in [-0.3, -0.25) is 10.1 Å². The van der Waals surface area contributed by atoms with Crippen LogP contribution in [0.5, 0.6) is 5.75 Å². The van der Waals surface area contributed by atoms with Gasteiger partial charge in [-0.25, -0.2) is 4.79 Å². The molecule has 2 N–H and O–H groups in total. The molecule has 0 saturated heterocycles. The Hall–Kier alpha value is -1.27. The highest BCUT2D eigenvalue weighted by molar-refractivity contribution is 9.10. The molecule has 0 unspecified atom stereocenters. The summed E-state index contributed by atoms with van der Waals surface area (Å²) < 4.78 is 6.18. The standard InChI is InChI=1S/C15H18BrClN2O3/c1-9(22-13-7-6-10(17)8-12(13)16)14(20)19-15(21)18-11-4-2-3-5-11/h6-9,11H,2-5H2,1H3,(H2,18,19,20,21)/t9-/m1/s1. The predicted octanol–water partition coefficient (Wildman–Crippen LogP) is 3.64. The summed E-state index contributed by atoms with van der Waals surface area (Å²) in [5, 5.41) is 5.66. The summed E-state index contributed by atoms with van der Waals surface area (Å²) in [4.78, 5) is 23.7. The Labute approximate surface area is 142 Å². The molecule has 1 aliphatic carbocycles. The fraction of sp³-hybridized carbons (Fsp3) is 0.467. The highest BCUT2D eigenvalue weighted by Crippen LogP contribution is 2.28. The van der Waals surface area contributed by atoms with Gasteiger partial charge < -0.3 is 10.1 Å². The van der Waals surface area contributed by atoms with Crippen LogP contribution in [0.4, 0.5) is 4.79 Å². The Kier molecular flexibility index (Phi) is 6.08. The lowest BCUT2D eigenvalue weighted by molar-refractivity contribution is -0.126. The number of amides is 3. The largest absolute Gasteiger partial charge is 0.480 e. The average molecular weight is 390 g/mol. The van der Waals surface area contributed by atoms with Gasteiger partial charge in [-0.1, -0.05) is 24.4 Å². The van der Waals surface area contributed by atoms with Gasteiger partial charge in [-0.2, -0.15) is 0 Å². The highest BCUT2D eigenvalue weighted by atomic mass is 79.9. The second-order valence-electron chi connectivity index (χ2n) is 5.28. The minimum atomic E-state index is -0.799. The van der Waals surface area contributed by atoms with E-state index in [1.54, 1.807) is 25.1 Å². The minimum Gasteiger partial charge on any atom is -0.480 e. The Morgan fingerprint density at radius 3 is 2.68 bits per heavy atom. The van der Waals surface area contributed by atoms with E-state index < -0.39 is 18.0 Å². The number of carbonyl (C=O) groups is 2.